The lowest BCUT2D eigenvalue weighted by atomic mass is 10.2. The van der Waals surface area contributed by atoms with Gasteiger partial charge in [0.25, 0.3) is 0 Å². The number of hydrogen-bond acceptors (Lipinski definition) is 4. The lowest BCUT2D eigenvalue weighted by molar-refractivity contribution is 0.204. The average molecular weight is 306 g/mol. The molecule has 2 heterocycles. The Morgan fingerprint density at radius 2 is 2.00 bits per heavy atom. The summed E-state index contributed by atoms with van der Waals surface area (Å²) in [5.41, 5.74) is 1.29. The topological polar surface area (TPSA) is 28.4 Å². The summed E-state index contributed by atoms with van der Waals surface area (Å²) in [6.07, 6.45) is 1.80. The second-order valence-corrected chi connectivity index (χ2v) is 7.01. The summed E-state index contributed by atoms with van der Waals surface area (Å²) in [6.45, 7) is 11.5. The Bertz CT molecular complexity index is 517. The molecule has 21 heavy (non-hydrogen) atoms. The van der Waals surface area contributed by atoms with Crippen LogP contribution in [0.4, 0.5) is 0 Å². The van der Waals surface area contributed by atoms with E-state index >= 15 is 0 Å². The standard InChI is InChI=1S/C17H26N2OS/c1-13(2)18-10-17-15(7-8-20-17)11-19(14(3)4)12-16-6-5-9-21-16/h5-9,13-14,18H,10-12H2,1-4H3. The molecule has 0 aliphatic rings. The first-order chi connectivity index (χ1) is 10.1. The molecule has 0 radical (unpaired) electrons. The zero-order valence-electron chi connectivity index (χ0n) is 13.4. The van der Waals surface area contributed by atoms with Gasteiger partial charge in [-0.05, 0) is 31.4 Å². The Hall–Kier alpha value is -1.10. The molecule has 3 nitrogen and oxygen atoms in total. The highest BCUT2D eigenvalue weighted by Crippen LogP contribution is 2.19. The van der Waals surface area contributed by atoms with Gasteiger partial charge in [-0.1, -0.05) is 19.9 Å². The van der Waals surface area contributed by atoms with Gasteiger partial charge >= 0.3 is 0 Å². The first-order valence-electron chi connectivity index (χ1n) is 7.61. The van der Waals surface area contributed by atoms with E-state index in [9.17, 15) is 0 Å². The molecule has 0 aliphatic heterocycles. The number of rotatable bonds is 8. The molecule has 0 fully saturated rings. The number of furan rings is 1. The Kier molecular flexibility index (Phi) is 6.03. The van der Waals surface area contributed by atoms with Crippen molar-refractivity contribution in [1.82, 2.24) is 10.2 Å². The highest BCUT2D eigenvalue weighted by atomic mass is 32.1. The molecule has 116 valence electrons. The van der Waals surface area contributed by atoms with E-state index in [0.29, 0.717) is 12.1 Å². The molecule has 0 bridgehead atoms. The van der Waals surface area contributed by atoms with E-state index in [1.165, 1.54) is 10.4 Å². The maximum atomic E-state index is 5.64. The molecule has 0 unspecified atom stereocenters. The van der Waals surface area contributed by atoms with Gasteiger partial charge in [0.05, 0.1) is 12.8 Å². The molecular weight excluding hydrogens is 280 g/mol. The van der Waals surface area contributed by atoms with Gasteiger partial charge in [-0.2, -0.15) is 0 Å². The van der Waals surface area contributed by atoms with E-state index in [1.54, 1.807) is 6.26 Å². The Morgan fingerprint density at radius 3 is 2.62 bits per heavy atom. The van der Waals surface area contributed by atoms with Gasteiger partial charge in [-0.3, -0.25) is 4.90 Å². The minimum absolute atomic E-state index is 0.468. The number of hydrogen-bond donors (Lipinski definition) is 1. The highest BCUT2D eigenvalue weighted by Gasteiger charge is 2.15. The van der Waals surface area contributed by atoms with Gasteiger partial charge in [-0.15, -0.1) is 11.3 Å². The van der Waals surface area contributed by atoms with Gasteiger partial charge in [0.15, 0.2) is 0 Å². The van der Waals surface area contributed by atoms with Crippen molar-refractivity contribution in [1.29, 1.82) is 0 Å². The molecule has 2 rings (SSSR count). The minimum Gasteiger partial charge on any atom is -0.468 e. The van der Waals surface area contributed by atoms with Crippen LogP contribution < -0.4 is 5.32 Å². The second-order valence-electron chi connectivity index (χ2n) is 5.98. The maximum absolute atomic E-state index is 5.64. The van der Waals surface area contributed by atoms with Crippen molar-refractivity contribution in [2.24, 2.45) is 0 Å². The summed E-state index contributed by atoms with van der Waals surface area (Å²) >= 11 is 1.82. The van der Waals surface area contributed by atoms with Crippen LogP contribution in [0.25, 0.3) is 0 Å². The molecule has 0 atom stereocenters. The zero-order chi connectivity index (χ0) is 15.2. The Morgan fingerprint density at radius 1 is 1.19 bits per heavy atom. The quantitative estimate of drug-likeness (QED) is 0.790. The lowest BCUT2D eigenvalue weighted by Crippen LogP contribution is -2.30. The average Bonchev–Trinajstić information content (AvgIpc) is 3.07. The fourth-order valence-corrected chi connectivity index (χ4v) is 2.93. The summed E-state index contributed by atoms with van der Waals surface area (Å²) in [6, 6.07) is 7.40. The Balaban J connectivity index is 2.01. The van der Waals surface area contributed by atoms with Crippen LogP contribution in [0.15, 0.2) is 34.3 Å². The van der Waals surface area contributed by atoms with Crippen molar-refractivity contribution < 1.29 is 4.42 Å². The van der Waals surface area contributed by atoms with Crippen LogP contribution in [0.2, 0.25) is 0 Å². The summed E-state index contributed by atoms with van der Waals surface area (Å²) < 4.78 is 5.64. The van der Waals surface area contributed by atoms with E-state index in [1.807, 2.05) is 11.3 Å². The molecule has 0 amide bonds. The van der Waals surface area contributed by atoms with Crippen LogP contribution in [-0.4, -0.2) is 17.0 Å². The largest absolute Gasteiger partial charge is 0.468 e. The molecule has 2 aromatic heterocycles. The monoisotopic (exact) mass is 306 g/mol. The van der Waals surface area contributed by atoms with Crippen LogP contribution >= 0.6 is 11.3 Å². The van der Waals surface area contributed by atoms with Crippen LogP contribution in [0.1, 0.15) is 43.9 Å². The third-order valence-electron chi connectivity index (χ3n) is 3.55. The lowest BCUT2D eigenvalue weighted by Gasteiger charge is -2.26. The van der Waals surface area contributed by atoms with Gasteiger partial charge in [0.2, 0.25) is 0 Å². The smallest absolute Gasteiger partial charge is 0.122 e. The van der Waals surface area contributed by atoms with Crippen molar-refractivity contribution in [2.75, 3.05) is 0 Å². The van der Waals surface area contributed by atoms with Crippen molar-refractivity contribution in [3.8, 4) is 0 Å². The molecule has 0 aliphatic carbocycles. The molecule has 2 aromatic rings. The summed E-state index contributed by atoms with van der Waals surface area (Å²) in [5, 5.41) is 5.57. The maximum Gasteiger partial charge on any atom is 0.122 e. The molecule has 0 aromatic carbocycles. The fraction of sp³-hybridized carbons (Fsp3) is 0.529. The number of nitrogens with one attached hydrogen (secondary N) is 1. The summed E-state index contributed by atoms with van der Waals surface area (Å²) in [5.74, 6) is 1.06. The van der Waals surface area contributed by atoms with Gasteiger partial charge in [0.1, 0.15) is 5.76 Å². The van der Waals surface area contributed by atoms with E-state index in [2.05, 4.69) is 61.5 Å². The van der Waals surface area contributed by atoms with Crippen molar-refractivity contribution in [2.45, 2.75) is 59.4 Å². The molecular formula is C17H26N2OS. The van der Waals surface area contributed by atoms with E-state index in [0.717, 1.165) is 25.4 Å². The molecule has 1 N–H and O–H groups in total. The zero-order valence-corrected chi connectivity index (χ0v) is 14.2. The van der Waals surface area contributed by atoms with E-state index in [4.69, 9.17) is 4.42 Å². The van der Waals surface area contributed by atoms with E-state index < -0.39 is 0 Å². The van der Waals surface area contributed by atoms with Crippen LogP contribution in [0, 0.1) is 0 Å². The molecule has 0 saturated heterocycles. The molecule has 0 saturated carbocycles. The van der Waals surface area contributed by atoms with Crippen LogP contribution in [0.5, 0.6) is 0 Å². The first-order valence-corrected chi connectivity index (χ1v) is 8.49. The van der Waals surface area contributed by atoms with Crippen molar-refractivity contribution in [3.05, 3.63) is 46.0 Å². The minimum atomic E-state index is 0.468. The SMILES string of the molecule is CC(C)NCc1occc1CN(Cc1cccs1)C(C)C. The highest BCUT2D eigenvalue weighted by molar-refractivity contribution is 7.09. The normalized spacial score (nSPS) is 12.0. The van der Waals surface area contributed by atoms with Crippen LogP contribution in [0.3, 0.4) is 0 Å². The predicted molar refractivity (Wildman–Crippen MR) is 89.4 cm³/mol. The van der Waals surface area contributed by atoms with Crippen molar-refractivity contribution >= 4 is 11.3 Å². The van der Waals surface area contributed by atoms with Crippen LogP contribution in [-0.2, 0) is 19.6 Å². The van der Waals surface area contributed by atoms with Gasteiger partial charge in [0, 0.05) is 35.6 Å². The van der Waals surface area contributed by atoms with E-state index in [-0.39, 0.29) is 0 Å². The third-order valence-corrected chi connectivity index (χ3v) is 4.41. The third kappa shape index (κ3) is 4.99. The summed E-state index contributed by atoms with van der Waals surface area (Å²) in [7, 11) is 0. The number of nitrogens with zero attached hydrogens (tertiary/aromatic N) is 1. The van der Waals surface area contributed by atoms with Gasteiger partial charge < -0.3 is 9.73 Å². The number of thiophene rings is 1. The predicted octanol–water partition coefficient (Wildman–Crippen LogP) is 4.25. The molecule has 0 spiro atoms. The summed E-state index contributed by atoms with van der Waals surface area (Å²) in [4.78, 5) is 3.89. The second kappa shape index (κ2) is 7.78. The molecule has 4 heteroatoms. The Labute approximate surface area is 132 Å². The van der Waals surface area contributed by atoms with Crippen molar-refractivity contribution in [3.63, 3.8) is 0 Å². The fourth-order valence-electron chi connectivity index (χ4n) is 2.20. The first kappa shape index (κ1) is 16.3. The van der Waals surface area contributed by atoms with Gasteiger partial charge in [-0.25, -0.2) is 0 Å².